The van der Waals surface area contributed by atoms with Crippen molar-refractivity contribution in [2.45, 2.75) is 12.0 Å². The lowest BCUT2D eigenvalue weighted by Gasteiger charge is -2.22. The highest BCUT2D eigenvalue weighted by atomic mass is 32.2. The van der Waals surface area contributed by atoms with Crippen molar-refractivity contribution in [2.75, 3.05) is 11.5 Å². The zero-order chi connectivity index (χ0) is 11.0. The minimum Gasteiger partial charge on any atom is -0.384 e. The molecule has 0 aliphatic carbocycles. The van der Waals surface area contributed by atoms with E-state index >= 15 is 0 Å². The van der Waals surface area contributed by atoms with E-state index in [0.717, 1.165) is 23.5 Å². The molecule has 1 saturated heterocycles. The van der Waals surface area contributed by atoms with Crippen LogP contribution in [-0.2, 0) is 5.60 Å². The summed E-state index contributed by atoms with van der Waals surface area (Å²) in [6.07, 6.45) is 0.871. The fraction of sp³-hybridized carbons (Fsp3) is 0.286. The standard InChI is InChI=1S/C14H14OS/c15-14(7-8-16-10-14)13-6-5-11-3-1-2-4-12(11)9-13/h1-6,9,15H,7-8,10H2. The average molecular weight is 230 g/mol. The highest BCUT2D eigenvalue weighted by molar-refractivity contribution is 7.99. The summed E-state index contributed by atoms with van der Waals surface area (Å²) in [4.78, 5) is 0. The Balaban J connectivity index is 2.11. The highest BCUT2D eigenvalue weighted by Gasteiger charge is 2.33. The molecule has 1 aliphatic rings. The Kier molecular flexibility index (Phi) is 2.41. The van der Waals surface area contributed by atoms with E-state index in [2.05, 4.69) is 30.3 Å². The van der Waals surface area contributed by atoms with Gasteiger partial charge in [0.2, 0.25) is 0 Å². The van der Waals surface area contributed by atoms with Gasteiger partial charge in [-0.1, -0.05) is 36.4 Å². The van der Waals surface area contributed by atoms with Gasteiger partial charge in [-0.3, -0.25) is 0 Å². The van der Waals surface area contributed by atoms with Gasteiger partial charge in [0.1, 0.15) is 0 Å². The predicted octanol–water partition coefficient (Wildman–Crippen LogP) is 3.16. The average Bonchev–Trinajstić information content (AvgIpc) is 2.77. The third kappa shape index (κ3) is 1.62. The molecular formula is C14H14OS. The number of aliphatic hydroxyl groups is 1. The zero-order valence-corrected chi connectivity index (χ0v) is 9.83. The predicted molar refractivity (Wildman–Crippen MR) is 69.8 cm³/mol. The highest BCUT2D eigenvalue weighted by Crippen LogP contribution is 2.37. The second kappa shape index (κ2) is 3.79. The summed E-state index contributed by atoms with van der Waals surface area (Å²) in [6.45, 7) is 0. The van der Waals surface area contributed by atoms with Gasteiger partial charge in [0.05, 0.1) is 5.60 Å². The second-order valence-corrected chi connectivity index (χ2v) is 5.50. The number of fused-ring (bicyclic) bond motifs is 1. The van der Waals surface area contributed by atoms with Crippen LogP contribution in [0.3, 0.4) is 0 Å². The largest absolute Gasteiger partial charge is 0.384 e. The van der Waals surface area contributed by atoms with Gasteiger partial charge in [-0.05, 0) is 34.6 Å². The van der Waals surface area contributed by atoms with E-state index in [0.29, 0.717) is 0 Å². The van der Waals surface area contributed by atoms with Crippen LogP contribution in [0.25, 0.3) is 10.8 Å². The molecule has 0 spiro atoms. The molecule has 0 aromatic heterocycles. The number of thioether (sulfide) groups is 1. The van der Waals surface area contributed by atoms with Gasteiger partial charge in [-0.25, -0.2) is 0 Å². The molecule has 1 atom stereocenters. The molecule has 0 saturated carbocycles. The van der Waals surface area contributed by atoms with E-state index in [1.54, 1.807) is 0 Å². The third-order valence-electron chi connectivity index (χ3n) is 3.29. The molecule has 1 N–H and O–H groups in total. The van der Waals surface area contributed by atoms with Crippen molar-refractivity contribution >= 4 is 22.5 Å². The summed E-state index contributed by atoms with van der Waals surface area (Å²) in [7, 11) is 0. The van der Waals surface area contributed by atoms with Crippen LogP contribution in [-0.4, -0.2) is 16.6 Å². The molecule has 1 aliphatic heterocycles. The van der Waals surface area contributed by atoms with Crippen molar-refractivity contribution in [3.8, 4) is 0 Å². The lowest BCUT2D eigenvalue weighted by atomic mass is 9.91. The number of rotatable bonds is 1. The van der Waals surface area contributed by atoms with E-state index in [4.69, 9.17) is 0 Å². The summed E-state index contributed by atoms with van der Waals surface area (Å²) >= 11 is 1.83. The van der Waals surface area contributed by atoms with Gasteiger partial charge in [0.15, 0.2) is 0 Å². The van der Waals surface area contributed by atoms with Gasteiger partial charge in [0, 0.05) is 5.75 Å². The molecule has 0 bridgehead atoms. The maximum atomic E-state index is 10.5. The molecule has 2 aromatic rings. The lowest BCUT2D eigenvalue weighted by Crippen LogP contribution is -2.24. The van der Waals surface area contributed by atoms with Crippen molar-refractivity contribution in [2.24, 2.45) is 0 Å². The molecule has 2 heteroatoms. The molecule has 82 valence electrons. The first-order valence-electron chi connectivity index (χ1n) is 5.57. The molecule has 2 aromatic carbocycles. The lowest BCUT2D eigenvalue weighted by molar-refractivity contribution is 0.0659. The second-order valence-electron chi connectivity index (χ2n) is 4.40. The molecule has 0 amide bonds. The molecule has 1 fully saturated rings. The van der Waals surface area contributed by atoms with Gasteiger partial charge in [0.25, 0.3) is 0 Å². The fourth-order valence-corrected chi connectivity index (χ4v) is 3.54. The zero-order valence-electron chi connectivity index (χ0n) is 9.02. The van der Waals surface area contributed by atoms with Crippen molar-refractivity contribution in [1.82, 2.24) is 0 Å². The maximum Gasteiger partial charge on any atom is 0.0994 e. The van der Waals surface area contributed by atoms with Crippen molar-refractivity contribution in [3.05, 3.63) is 48.0 Å². The molecule has 0 radical (unpaired) electrons. The van der Waals surface area contributed by atoms with E-state index in [9.17, 15) is 5.11 Å². The first-order chi connectivity index (χ1) is 7.78. The minimum absolute atomic E-state index is 0.602. The van der Waals surface area contributed by atoms with Crippen LogP contribution in [0.15, 0.2) is 42.5 Å². The third-order valence-corrected chi connectivity index (χ3v) is 4.46. The Morgan fingerprint density at radius 2 is 1.88 bits per heavy atom. The van der Waals surface area contributed by atoms with Crippen LogP contribution in [0.2, 0.25) is 0 Å². The van der Waals surface area contributed by atoms with Crippen LogP contribution in [0.1, 0.15) is 12.0 Å². The number of hydrogen-bond acceptors (Lipinski definition) is 2. The Bertz CT molecular complexity index is 515. The first-order valence-corrected chi connectivity index (χ1v) is 6.73. The smallest absolute Gasteiger partial charge is 0.0994 e. The molecular weight excluding hydrogens is 216 g/mol. The Labute approximate surface area is 99.5 Å². The van der Waals surface area contributed by atoms with Gasteiger partial charge < -0.3 is 5.11 Å². The molecule has 1 heterocycles. The summed E-state index contributed by atoms with van der Waals surface area (Å²) in [5.74, 6) is 1.88. The van der Waals surface area contributed by atoms with Crippen LogP contribution >= 0.6 is 11.8 Å². The summed E-state index contributed by atoms with van der Waals surface area (Å²) < 4.78 is 0. The van der Waals surface area contributed by atoms with Crippen molar-refractivity contribution in [1.29, 1.82) is 0 Å². The molecule has 1 nitrogen and oxygen atoms in total. The topological polar surface area (TPSA) is 20.2 Å². The van der Waals surface area contributed by atoms with E-state index in [1.165, 1.54) is 10.8 Å². The van der Waals surface area contributed by atoms with E-state index < -0.39 is 5.60 Å². The molecule has 3 rings (SSSR count). The monoisotopic (exact) mass is 230 g/mol. The molecule has 16 heavy (non-hydrogen) atoms. The number of benzene rings is 2. The van der Waals surface area contributed by atoms with Crippen molar-refractivity contribution < 1.29 is 5.11 Å². The van der Waals surface area contributed by atoms with Crippen LogP contribution < -0.4 is 0 Å². The van der Waals surface area contributed by atoms with Gasteiger partial charge >= 0.3 is 0 Å². The van der Waals surface area contributed by atoms with Crippen LogP contribution in [0.4, 0.5) is 0 Å². The van der Waals surface area contributed by atoms with Gasteiger partial charge in [-0.15, -0.1) is 0 Å². The summed E-state index contributed by atoms with van der Waals surface area (Å²) in [5, 5.41) is 13.0. The van der Waals surface area contributed by atoms with E-state index in [1.807, 2.05) is 23.9 Å². The Morgan fingerprint density at radius 1 is 1.06 bits per heavy atom. The number of hydrogen-bond donors (Lipinski definition) is 1. The first kappa shape index (κ1) is 10.2. The van der Waals surface area contributed by atoms with E-state index in [-0.39, 0.29) is 0 Å². The fourth-order valence-electron chi connectivity index (χ4n) is 2.26. The molecule has 1 unspecified atom stereocenters. The Hall–Kier alpha value is -0.990. The summed E-state index contributed by atoms with van der Waals surface area (Å²) in [6, 6.07) is 14.6. The summed E-state index contributed by atoms with van der Waals surface area (Å²) in [5.41, 5.74) is 0.463. The quantitative estimate of drug-likeness (QED) is 0.812. The Morgan fingerprint density at radius 3 is 2.62 bits per heavy atom. The minimum atomic E-state index is -0.602. The van der Waals surface area contributed by atoms with Crippen LogP contribution in [0.5, 0.6) is 0 Å². The van der Waals surface area contributed by atoms with Crippen molar-refractivity contribution in [3.63, 3.8) is 0 Å². The van der Waals surface area contributed by atoms with Crippen LogP contribution in [0, 0.1) is 0 Å². The maximum absolute atomic E-state index is 10.5. The normalized spacial score (nSPS) is 25.1. The van der Waals surface area contributed by atoms with Gasteiger partial charge in [-0.2, -0.15) is 11.8 Å². The SMILES string of the molecule is OC1(c2ccc3ccccc3c2)CCSC1.